The molecule has 3 heterocycles. The molecule has 0 aliphatic rings. The summed E-state index contributed by atoms with van der Waals surface area (Å²) in [5.41, 5.74) is 3.30. The van der Waals surface area contributed by atoms with E-state index in [1.165, 1.54) is 22.9 Å². The highest BCUT2D eigenvalue weighted by Gasteiger charge is 2.14. The molecule has 0 unspecified atom stereocenters. The first-order valence-electron chi connectivity index (χ1n) is 6.94. The molecule has 0 saturated heterocycles. The van der Waals surface area contributed by atoms with Crippen molar-refractivity contribution in [3.05, 3.63) is 47.1 Å². The van der Waals surface area contributed by atoms with Crippen molar-refractivity contribution < 1.29 is 0 Å². The van der Waals surface area contributed by atoms with E-state index >= 15 is 0 Å². The van der Waals surface area contributed by atoms with Gasteiger partial charge >= 0.3 is 0 Å². The first kappa shape index (κ1) is 14.3. The molecule has 0 atom stereocenters. The Morgan fingerprint density at radius 3 is 2.74 bits per heavy atom. The third kappa shape index (κ3) is 2.71. The highest BCUT2D eigenvalue weighted by molar-refractivity contribution is 7.99. The van der Waals surface area contributed by atoms with Gasteiger partial charge in [0.25, 0.3) is 0 Å². The van der Waals surface area contributed by atoms with Crippen LogP contribution in [0.3, 0.4) is 0 Å². The molecule has 3 aromatic heterocycles. The summed E-state index contributed by atoms with van der Waals surface area (Å²) in [5.74, 6) is 0. The van der Waals surface area contributed by atoms with Crippen LogP contribution >= 0.6 is 23.1 Å². The number of thiophene rings is 1. The molecule has 4 rings (SSSR count). The second kappa shape index (κ2) is 5.71. The van der Waals surface area contributed by atoms with Gasteiger partial charge < -0.3 is 0 Å². The van der Waals surface area contributed by atoms with Crippen LogP contribution in [0.2, 0.25) is 0 Å². The van der Waals surface area contributed by atoms with Crippen LogP contribution in [0.4, 0.5) is 0 Å². The summed E-state index contributed by atoms with van der Waals surface area (Å²) in [6.07, 6.45) is 1.58. The number of aryl methyl sites for hydroxylation is 2. The first-order valence-corrected chi connectivity index (χ1v) is 8.63. The molecular formula is C15H12N6S2. The van der Waals surface area contributed by atoms with Crippen molar-refractivity contribution in [3.8, 4) is 5.69 Å². The molecule has 0 radical (unpaired) electrons. The van der Waals surface area contributed by atoms with Crippen LogP contribution in [0.25, 0.3) is 15.9 Å². The van der Waals surface area contributed by atoms with Gasteiger partial charge in [-0.05, 0) is 70.7 Å². The van der Waals surface area contributed by atoms with E-state index in [2.05, 4.69) is 57.5 Å². The third-order valence-electron chi connectivity index (χ3n) is 3.31. The lowest BCUT2D eigenvalue weighted by Crippen LogP contribution is -2.00. The summed E-state index contributed by atoms with van der Waals surface area (Å²) < 4.78 is 1.74. The van der Waals surface area contributed by atoms with E-state index in [0.29, 0.717) is 5.16 Å². The summed E-state index contributed by atoms with van der Waals surface area (Å²) in [5, 5.41) is 16.7. The molecule has 23 heavy (non-hydrogen) atoms. The minimum Gasteiger partial charge on any atom is -0.229 e. The molecule has 0 N–H and O–H groups in total. The van der Waals surface area contributed by atoms with Crippen molar-refractivity contribution in [3.63, 3.8) is 0 Å². The van der Waals surface area contributed by atoms with Crippen molar-refractivity contribution in [1.82, 2.24) is 30.2 Å². The molecule has 0 saturated carbocycles. The Kier molecular flexibility index (Phi) is 3.55. The van der Waals surface area contributed by atoms with Crippen LogP contribution in [-0.2, 0) is 0 Å². The van der Waals surface area contributed by atoms with Crippen molar-refractivity contribution in [1.29, 1.82) is 0 Å². The quantitative estimate of drug-likeness (QED) is 0.532. The highest BCUT2D eigenvalue weighted by atomic mass is 32.2. The largest absolute Gasteiger partial charge is 0.229 e. The predicted octanol–water partition coefficient (Wildman–Crippen LogP) is 3.44. The zero-order valence-electron chi connectivity index (χ0n) is 12.5. The van der Waals surface area contributed by atoms with Crippen molar-refractivity contribution >= 4 is 33.3 Å². The molecule has 6 nitrogen and oxygen atoms in total. The maximum absolute atomic E-state index is 4.37. The van der Waals surface area contributed by atoms with Crippen LogP contribution in [-0.4, -0.2) is 30.2 Å². The maximum atomic E-state index is 4.37. The van der Waals surface area contributed by atoms with Crippen LogP contribution in [0.5, 0.6) is 0 Å². The van der Waals surface area contributed by atoms with Crippen molar-refractivity contribution in [2.75, 3.05) is 0 Å². The Hall–Kier alpha value is -2.32. The molecule has 8 heteroatoms. The summed E-state index contributed by atoms with van der Waals surface area (Å²) >= 11 is 3.04. The van der Waals surface area contributed by atoms with E-state index in [9.17, 15) is 0 Å². The summed E-state index contributed by atoms with van der Waals surface area (Å²) in [7, 11) is 0. The zero-order valence-corrected chi connectivity index (χ0v) is 14.1. The number of tetrazole rings is 1. The number of fused-ring (bicyclic) bond motifs is 1. The third-order valence-corrected chi connectivity index (χ3v) is 5.08. The second-order valence-corrected chi connectivity index (χ2v) is 6.99. The van der Waals surface area contributed by atoms with Crippen LogP contribution < -0.4 is 0 Å². The number of aromatic nitrogens is 6. The SMILES string of the molecule is Cc1cc(C)cc(-n2nnnc2Sc2ncnc3sccc23)c1. The monoisotopic (exact) mass is 340 g/mol. The minimum absolute atomic E-state index is 0.682. The Balaban J connectivity index is 1.77. The summed E-state index contributed by atoms with van der Waals surface area (Å²) in [6, 6.07) is 8.27. The number of rotatable bonds is 3. The number of nitrogens with zero attached hydrogens (tertiary/aromatic N) is 6. The van der Waals surface area contributed by atoms with Gasteiger partial charge in [-0.15, -0.1) is 16.4 Å². The summed E-state index contributed by atoms with van der Waals surface area (Å²) in [4.78, 5) is 9.61. The molecule has 114 valence electrons. The second-order valence-electron chi connectivity index (χ2n) is 5.14. The molecule has 1 aromatic carbocycles. The lowest BCUT2D eigenvalue weighted by atomic mass is 10.1. The fourth-order valence-electron chi connectivity index (χ4n) is 2.41. The average molecular weight is 340 g/mol. The molecule has 4 aromatic rings. The maximum Gasteiger partial charge on any atom is 0.220 e. The fraction of sp³-hybridized carbons (Fsp3) is 0.133. The van der Waals surface area contributed by atoms with Crippen LogP contribution in [0.15, 0.2) is 46.2 Å². The van der Waals surface area contributed by atoms with E-state index in [-0.39, 0.29) is 0 Å². The Bertz CT molecular complexity index is 970. The van der Waals surface area contributed by atoms with Gasteiger partial charge in [0.15, 0.2) is 0 Å². The molecule has 0 bridgehead atoms. The van der Waals surface area contributed by atoms with Crippen molar-refractivity contribution in [2.24, 2.45) is 0 Å². The standard InChI is InChI=1S/C15H12N6S2/c1-9-5-10(2)7-11(6-9)21-15(18-19-20-21)23-14-12-3-4-22-13(12)16-8-17-14/h3-8H,1-2H3. The van der Waals surface area contributed by atoms with Gasteiger partial charge in [0.1, 0.15) is 16.2 Å². The van der Waals surface area contributed by atoms with Gasteiger partial charge in [0.05, 0.1) is 5.69 Å². The highest BCUT2D eigenvalue weighted by Crippen LogP contribution is 2.32. The molecule has 0 aliphatic heterocycles. The molecular weight excluding hydrogens is 328 g/mol. The van der Waals surface area contributed by atoms with Gasteiger partial charge in [-0.3, -0.25) is 0 Å². The Morgan fingerprint density at radius 2 is 1.91 bits per heavy atom. The number of hydrogen-bond acceptors (Lipinski definition) is 7. The molecule has 0 fully saturated rings. The summed E-state index contributed by atoms with van der Waals surface area (Å²) in [6.45, 7) is 4.12. The van der Waals surface area contributed by atoms with E-state index in [1.54, 1.807) is 22.3 Å². The molecule has 0 spiro atoms. The van der Waals surface area contributed by atoms with Gasteiger partial charge in [0.2, 0.25) is 5.16 Å². The average Bonchev–Trinajstić information content (AvgIpc) is 3.15. The van der Waals surface area contributed by atoms with E-state index in [1.807, 2.05) is 11.4 Å². The number of benzene rings is 1. The van der Waals surface area contributed by atoms with Gasteiger partial charge in [0, 0.05) is 5.39 Å². The topological polar surface area (TPSA) is 69.4 Å². The van der Waals surface area contributed by atoms with Crippen LogP contribution in [0.1, 0.15) is 11.1 Å². The number of hydrogen-bond donors (Lipinski definition) is 0. The zero-order chi connectivity index (χ0) is 15.8. The first-order chi connectivity index (χ1) is 11.2. The lowest BCUT2D eigenvalue weighted by molar-refractivity contribution is 0.754. The van der Waals surface area contributed by atoms with E-state index in [4.69, 9.17) is 0 Å². The Morgan fingerprint density at radius 1 is 1.09 bits per heavy atom. The van der Waals surface area contributed by atoms with E-state index < -0.39 is 0 Å². The normalized spacial score (nSPS) is 11.2. The molecule has 0 aliphatic carbocycles. The van der Waals surface area contributed by atoms with E-state index in [0.717, 1.165) is 20.9 Å². The van der Waals surface area contributed by atoms with Gasteiger partial charge in [-0.1, -0.05) is 6.07 Å². The van der Waals surface area contributed by atoms with Crippen LogP contribution in [0, 0.1) is 13.8 Å². The van der Waals surface area contributed by atoms with Gasteiger partial charge in [-0.25, -0.2) is 9.97 Å². The Labute approximate surface area is 140 Å². The fourth-order valence-corrected chi connectivity index (χ4v) is 4.06. The van der Waals surface area contributed by atoms with Crippen molar-refractivity contribution in [2.45, 2.75) is 24.0 Å². The molecule has 0 amide bonds. The smallest absolute Gasteiger partial charge is 0.220 e. The minimum atomic E-state index is 0.682. The lowest BCUT2D eigenvalue weighted by Gasteiger charge is -2.06. The predicted molar refractivity (Wildman–Crippen MR) is 90.2 cm³/mol. The van der Waals surface area contributed by atoms with Gasteiger partial charge in [-0.2, -0.15) is 4.68 Å².